The van der Waals surface area contributed by atoms with Crippen LogP contribution in [0, 0.1) is 16.0 Å². The standard InChI is InChI=1S/C12H13NO5/c1-8(14)11(12(15)18-2)7-9-4-3-5-10(6-9)13(16)17/h3-6,11H,7H2,1-2H3. The minimum absolute atomic E-state index is 0.0698. The molecule has 96 valence electrons. The lowest BCUT2D eigenvalue weighted by atomic mass is 9.96. The number of ketones is 1. The first-order chi connectivity index (χ1) is 8.45. The first-order valence-electron chi connectivity index (χ1n) is 5.27. The number of hydrogen-bond donors (Lipinski definition) is 0. The molecule has 0 spiro atoms. The fourth-order valence-corrected chi connectivity index (χ4v) is 1.57. The number of esters is 1. The van der Waals surface area contributed by atoms with Crippen LogP contribution in [0.15, 0.2) is 24.3 Å². The molecule has 18 heavy (non-hydrogen) atoms. The average molecular weight is 251 g/mol. The number of carbonyl (C=O) groups is 2. The smallest absolute Gasteiger partial charge is 0.316 e. The molecule has 0 radical (unpaired) electrons. The third-order valence-corrected chi connectivity index (χ3v) is 2.54. The number of rotatable bonds is 5. The van der Waals surface area contributed by atoms with Crippen LogP contribution < -0.4 is 0 Å². The normalized spacial score (nSPS) is 11.7. The molecule has 0 fully saturated rings. The second kappa shape index (κ2) is 5.90. The number of ether oxygens (including phenoxy) is 1. The molecule has 1 unspecified atom stereocenters. The second-order valence-corrected chi connectivity index (χ2v) is 3.82. The van der Waals surface area contributed by atoms with E-state index in [1.165, 1.54) is 32.2 Å². The van der Waals surface area contributed by atoms with E-state index in [1.54, 1.807) is 6.07 Å². The molecule has 0 aliphatic carbocycles. The number of benzene rings is 1. The first kappa shape index (κ1) is 13.8. The van der Waals surface area contributed by atoms with E-state index >= 15 is 0 Å². The molecule has 6 nitrogen and oxygen atoms in total. The Hall–Kier alpha value is -2.24. The summed E-state index contributed by atoms with van der Waals surface area (Å²) in [5, 5.41) is 10.6. The van der Waals surface area contributed by atoms with E-state index in [-0.39, 0.29) is 17.9 Å². The number of nitro groups is 1. The van der Waals surface area contributed by atoms with Gasteiger partial charge in [-0.05, 0) is 18.9 Å². The van der Waals surface area contributed by atoms with Crippen molar-refractivity contribution < 1.29 is 19.2 Å². The van der Waals surface area contributed by atoms with Crippen LogP contribution in [0.4, 0.5) is 5.69 Å². The highest BCUT2D eigenvalue weighted by Crippen LogP contribution is 2.17. The highest BCUT2D eigenvalue weighted by atomic mass is 16.6. The Balaban J connectivity index is 2.94. The molecular formula is C12H13NO5. The predicted molar refractivity (Wildman–Crippen MR) is 63.0 cm³/mol. The van der Waals surface area contributed by atoms with Crippen molar-refractivity contribution >= 4 is 17.4 Å². The molecule has 0 aliphatic rings. The van der Waals surface area contributed by atoms with Crippen LogP contribution in [0.2, 0.25) is 0 Å². The summed E-state index contributed by atoms with van der Waals surface area (Å²) in [5.74, 6) is -1.88. The number of nitro benzene ring substituents is 1. The fraction of sp³-hybridized carbons (Fsp3) is 0.333. The van der Waals surface area contributed by atoms with Crippen LogP contribution in [-0.2, 0) is 20.7 Å². The van der Waals surface area contributed by atoms with Crippen molar-refractivity contribution in [2.45, 2.75) is 13.3 Å². The van der Waals surface area contributed by atoms with Crippen molar-refractivity contribution in [2.75, 3.05) is 7.11 Å². The number of methoxy groups -OCH3 is 1. The zero-order valence-corrected chi connectivity index (χ0v) is 10.1. The topological polar surface area (TPSA) is 86.5 Å². The van der Waals surface area contributed by atoms with Gasteiger partial charge in [0.1, 0.15) is 11.7 Å². The van der Waals surface area contributed by atoms with Crippen LogP contribution in [-0.4, -0.2) is 23.8 Å². The van der Waals surface area contributed by atoms with Gasteiger partial charge in [-0.15, -0.1) is 0 Å². The van der Waals surface area contributed by atoms with Gasteiger partial charge in [0, 0.05) is 12.1 Å². The van der Waals surface area contributed by atoms with Gasteiger partial charge in [0.15, 0.2) is 0 Å². The molecule has 0 aliphatic heterocycles. The third kappa shape index (κ3) is 3.38. The summed E-state index contributed by atoms with van der Waals surface area (Å²) in [7, 11) is 1.20. The Bertz CT molecular complexity index is 483. The summed E-state index contributed by atoms with van der Waals surface area (Å²) in [6, 6.07) is 5.84. The number of Topliss-reactive ketones (excluding diaryl/α,β-unsaturated/α-hetero) is 1. The molecule has 1 atom stereocenters. The number of nitrogens with zero attached hydrogens (tertiary/aromatic N) is 1. The van der Waals surface area contributed by atoms with E-state index in [0.717, 1.165) is 0 Å². The molecule has 6 heteroatoms. The summed E-state index contributed by atoms with van der Waals surface area (Å²) in [6.45, 7) is 1.29. The maximum Gasteiger partial charge on any atom is 0.316 e. The van der Waals surface area contributed by atoms with Crippen LogP contribution in [0.3, 0.4) is 0 Å². The van der Waals surface area contributed by atoms with E-state index in [0.29, 0.717) is 5.56 Å². The average Bonchev–Trinajstić information content (AvgIpc) is 2.35. The highest BCUT2D eigenvalue weighted by molar-refractivity contribution is 5.97. The summed E-state index contributed by atoms with van der Waals surface area (Å²) >= 11 is 0. The maximum absolute atomic E-state index is 11.4. The van der Waals surface area contributed by atoms with E-state index < -0.39 is 16.8 Å². The van der Waals surface area contributed by atoms with Crippen molar-refractivity contribution in [1.29, 1.82) is 0 Å². The largest absolute Gasteiger partial charge is 0.468 e. The van der Waals surface area contributed by atoms with Gasteiger partial charge in [-0.3, -0.25) is 19.7 Å². The molecule has 0 N–H and O–H groups in total. The number of hydrogen-bond acceptors (Lipinski definition) is 5. The van der Waals surface area contributed by atoms with Gasteiger partial charge in [0.25, 0.3) is 5.69 Å². The molecule has 0 amide bonds. The lowest BCUT2D eigenvalue weighted by Crippen LogP contribution is -2.25. The minimum Gasteiger partial charge on any atom is -0.468 e. The summed E-state index contributed by atoms with van der Waals surface area (Å²) in [4.78, 5) is 32.8. The zero-order chi connectivity index (χ0) is 13.7. The van der Waals surface area contributed by atoms with Gasteiger partial charge in [0.05, 0.1) is 12.0 Å². The van der Waals surface area contributed by atoms with Crippen molar-refractivity contribution in [3.05, 3.63) is 39.9 Å². The van der Waals surface area contributed by atoms with Gasteiger partial charge in [-0.25, -0.2) is 0 Å². The molecule has 0 aromatic heterocycles. The Morgan fingerprint density at radius 3 is 2.61 bits per heavy atom. The fourth-order valence-electron chi connectivity index (χ4n) is 1.57. The zero-order valence-electron chi connectivity index (χ0n) is 10.1. The molecule has 0 bridgehead atoms. The Morgan fingerprint density at radius 2 is 2.11 bits per heavy atom. The van der Waals surface area contributed by atoms with Crippen LogP contribution in [0.25, 0.3) is 0 Å². The van der Waals surface area contributed by atoms with Gasteiger partial charge in [-0.2, -0.15) is 0 Å². The van der Waals surface area contributed by atoms with Crippen molar-refractivity contribution in [1.82, 2.24) is 0 Å². The number of carbonyl (C=O) groups excluding carboxylic acids is 2. The maximum atomic E-state index is 11.4. The number of non-ortho nitro benzene ring substituents is 1. The van der Waals surface area contributed by atoms with E-state index in [4.69, 9.17) is 0 Å². The summed E-state index contributed by atoms with van der Waals surface area (Å²) in [5.41, 5.74) is 0.481. The third-order valence-electron chi connectivity index (χ3n) is 2.54. The highest BCUT2D eigenvalue weighted by Gasteiger charge is 2.24. The Labute approximate surface area is 104 Å². The summed E-state index contributed by atoms with van der Waals surface area (Å²) in [6.07, 6.45) is 0.101. The van der Waals surface area contributed by atoms with Gasteiger partial charge in [-0.1, -0.05) is 12.1 Å². The molecule has 1 rings (SSSR count). The van der Waals surface area contributed by atoms with Gasteiger partial charge in [0.2, 0.25) is 0 Å². The van der Waals surface area contributed by atoms with E-state index in [1.807, 2.05) is 0 Å². The molecular weight excluding hydrogens is 238 g/mol. The molecule has 1 aromatic carbocycles. The Morgan fingerprint density at radius 1 is 1.44 bits per heavy atom. The molecule has 0 heterocycles. The lowest BCUT2D eigenvalue weighted by Gasteiger charge is -2.11. The van der Waals surface area contributed by atoms with E-state index in [9.17, 15) is 19.7 Å². The van der Waals surface area contributed by atoms with Gasteiger partial charge < -0.3 is 4.74 Å². The lowest BCUT2D eigenvalue weighted by molar-refractivity contribution is -0.384. The minimum atomic E-state index is -0.919. The van der Waals surface area contributed by atoms with Crippen LogP contribution in [0.5, 0.6) is 0 Å². The molecule has 0 saturated carbocycles. The molecule has 0 saturated heterocycles. The van der Waals surface area contributed by atoms with Crippen molar-refractivity contribution in [2.24, 2.45) is 5.92 Å². The van der Waals surface area contributed by atoms with E-state index in [2.05, 4.69) is 4.74 Å². The van der Waals surface area contributed by atoms with Crippen LogP contribution in [0.1, 0.15) is 12.5 Å². The van der Waals surface area contributed by atoms with Crippen molar-refractivity contribution in [3.63, 3.8) is 0 Å². The second-order valence-electron chi connectivity index (χ2n) is 3.82. The summed E-state index contributed by atoms with van der Waals surface area (Å²) < 4.78 is 4.53. The quantitative estimate of drug-likeness (QED) is 0.342. The SMILES string of the molecule is COC(=O)C(Cc1cccc([N+](=O)[O-])c1)C(C)=O. The Kier molecular flexibility index (Phi) is 4.53. The molecule has 1 aromatic rings. The van der Waals surface area contributed by atoms with Crippen molar-refractivity contribution in [3.8, 4) is 0 Å². The predicted octanol–water partition coefficient (Wildman–Crippen LogP) is 1.52. The van der Waals surface area contributed by atoms with Crippen LogP contribution >= 0.6 is 0 Å². The first-order valence-corrected chi connectivity index (χ1v) is 5.27. The monoisotopic (exact) mass is 251 g/mol. The van der Waals surface area contributed by atoms with Gasteiger partial charge >= 0.3 is 5.97 Å².